The molecule has 0 aliphatic carbocycles. The zero-order valence-corrected chi connectivity index (χ0v) is 12.2. The van der Waals surface area contributed by atoms with E-state index in [4.69, 9.17) is 22.4 Å². The fourth-order valence-electron chi connectivity index (χ4n) is 2.77. The molecule has 0 saturated heterocycles. The third-order valence-corrected chi connectivity index (χ3v) is 3.93. The summed E-state index contributed by atoms with van der Waals surface area (Å²) in [4.78, 5) is 0. The lowest BCUT2D eigenvalue weighted by atomic mass is 10.0. The normalized spacial score (nSPS) is 14.9. The smallest absolute Gasteiger partial charge is 0.0718 e. The maximum Gasteiger partial charge on any atom is 0.0718 e. The second-order valence-electron chi connectivity index (χ2n) is 5.04. The average Bonchev–Trinajstić information content (AvgIpc) is 2.63. The fourth-order valence-corrected chi connectivity index (χ4v) is 2.90. The lowest BCUT2D eigenvalue weighted by Gasteiger charge is -2.09. The first-order chi connectivity index (χ1) is 9.79. The first kappa shape index (κ1) is 13.6. The summed E-state index contributed by atoms with van der Waals surface area (Å²) in [6.45, 7) is 3.34. The van der Waals surface area contributed by atoms with Gasteiger partial charge >= 0.3 is 0 Å². The number of benzene rings is 1. The zero-order valence-electron chi connectivity index (χ0n) is 11.4. The summed E-state index contributed by atoms with van der Waals surface area (Å²) in [5.41, 5.74) is 10.6. The van der Waals surface area contributed by atoms with Crippen molar-refractivity contribution in [2.75, 3.05) is 19.6 Å². The Hall–Kier alpha value is -1.36. The minimum Gasteiger partial charge on any atom is -0.329 e. The van der Waals surface area contributed by atoms with Gasteiger partial charge in [0.2, 0.25) is 0 Å². The maximum absolute atomic E-state index is 5.99. The molecule has 2 aromatic rings. The van der Waals surface area contributed by atoms with Crippen molar-refractivity contribution in [3.8, 4) is 11.3 Å². The highest BCUT2D eigenvalue weighted by Gasteiger charge is 2.20. The minimum atomic E-state index is 0.597. The van der Waals surface area contributed by atoms with Crippen LogP contribution in [-0.2, 0) is 19.4 Å². The molecule has 4 nitrogen and oxygen atoms in total. The Bertz CT molecular complexity index is 589. The van der Waals surface area contributed by atoms with E-state index in [-0.39, 0.29) is 0 Å². The number of rotatable bonds is 3. The number of fused-ring (bicyclic) bond motifs is 1. The number of hydrogen-bond acceptors (Lipinski definition) is 3. The summed E-state index contributed by atoms with van der Waals surface area (Å²) in [6, 6.07) is 7.98. The Morgan fingerprint density at radius 3 is 2.70 bits per heavy atom. The molecule has 20 heavy (non-hydrogen) atoms. The van der Waals surface area contributed by atoms with Gasteiger partial charge in [-0.2, -0.15) is 5.10 Å². The van der Waals surface area contributed by atoms with Crippen molar-refractivity contribution >= 4 is 11.6 Å². The molecule has 1 aliphatic rings. The predicted molar refractivity (Wildman–Crippen MR) is 82.0 cm³/mol. The molecule has 0 saturated carbocycles. The van der Waals surface area contributed by atoms with Crippen LogP contribution in [0.25, 0.3) is 11.3 Å². The summed E-state index contributed by atoms with van der Waals surface area (Å²) >= 11 is 5.99. The quantitative estimate of drug-likeness (QED) is 0.907. The lowest BCUT2D eigenvalue weighted by Crippen LogP contribution is -2.18. The summed E-state index contributed by atoms with van der Waals surface area (Å²) in [7, 11) is 0. The third kappa shape index (κ3) is 2.59. The van der Waals surface area contributed by atoms with Crippen molar-refractivity contribution in [1.29, 1.82) is 0 Å². The van der Waals surface area contributed by atoms with Crippen molar-refractivity contribution < 1.29 is 0 Å². The van der Waals surface area contributed by atoms with E-state index in [1.54, 1.807) is 0 Å². The van der Waals surface area contributed by atoms with Gasteiger partial charge in [0.05, 0.1) is 17.9 Å². The number of nitrogens with zero attached hydrogens (tertiary/aromatic N) is 2. The van der Waals surface area contributed by atoms with Gasteiger partial charge in [0, 0.05) is 35.7 Å². The van der Waals surface area contributed by atoms with Crippen molar-refractivity contribution in [3.63, 3.8) is 0 Å². The minimum absolute atomic E-state index is 0.597. The van der Waals surface area contributed by atoms with E-state index in [9.17, 15) is 0 Å². The molecule has 0 amide bonds. The predicted octanol–water partition coefficient (Wildman–Crippen LogP) is 1.85. The van der Waals surface area contributed by atoms with E-state index < -0.39 is 0 Å². The first-order valence-corrected chi connectivity index (χ1v) is 7.42. The van der Waals surface area contributed by atoms with Crippen LogP contribution < -0.4 is 11.1 Å². The van der Waals surface area contributed by atoms with Crippen molar-refractivity contribution in [2.45, 2.75) is 19.4 Å². The van der Waals surface area contributed by atoms with Gasteiger partial charge < -0.3 is 11.1 Å². The molecule has 0 fully saturated rings. The van der Waals surface area contributed by atoms with E-state index in [0.717, 1.165) is 37.5 Å². The Morgan fingerprint density at radius 1 is 1.20 bits per heavy atom. The van der Waals surface area contributed by atoms with E-state index in [1.807, 2.05) is 12.1 Å². The van der Waals surface area contributed by atoms with E-state index in [1.165, 1.54) is 22.5 Å². The summed E-state index contributed by atoms with van der Waals surface area (Å²) in [5.74, 6) is 0. The highest BCUT2D eigenvalue weighted by atomic mass is 35.5. The van der Waals surface area contributed by atoms with Crippen molar-refractivity contribution in [1.82, 2.24) is 15.1 Å². The molecule has 0 unspecified atom stereocenters. The molecule has 0 radical (unpaired) electrons. The van der Waals surface area contributed by atoms with Crippen LogP contribution in [0.3, 0.4) is 0 Å². The van der Waals surface area contributed by atoms with Crippen molar-refractivity contribution in [2.24, 2.45) is 5.73 Å². The van der Waals surface area contributed by atoms with Crippen LogP contribution in [0.2, 0.25) is 5.02 Å². The van der Waals surface area contributed by atoms with E-state index >= 15 is 0 Å². The molecule has 106 valence electrons. The van der Waals surface area contributed by atoms with E-state index in [2.05, 4.69) is 22.1 Å². The van der Waals surface area contributed by atoms with Crippen LogP contribution >= 0.6 is 11.6 Å². The Kier molecular flexibility index (Phi) is 4.05. The second-order valence-corrected chi connectivity index (χ2v) is 5.48. The van der Waals surface area contributed by atoms with Crippen LogP contribution in [-0.4, -0.2) is 29.4 Å². The van der Waals surface area contributed by atoms with E-state index in [0.29, 0.717) is 6.54 Å². The van der Waals surface area contributed by atoms with Crippen LogP contribution in [0.4, 0.5) is 0 Å². The van der Waals surface area contributed by atoms with Gasteiger partial charge in [0.15, 0.2) is 0 Å². The average molecular weight is 291 g/mol. The fraction of sp³-hybridized carbons (Fsp3) is 0.400. The van der Waals surface area contributed by atoms with Gasteiger partial charge in [-0.25, -0.2) is 0 Å². The zero-order chi connectivity index (χ0) is 13.9. The lowest BCUT2D eigenvalue weighted by molar-refractivity contribution is 0.612. The van der Waals surface area contributed by atoms with Crippen LogP contribution in [0.5, 0.6) is 0 Å². The molecule has 2 heterocycles. The first-order valence-electron chi connectivity index (χ1n) is 7.05. The molecule has 0 atom stereocenters. The standard InChI is InChI=1S/C15H19ClN4/c16-12-3-1-11(2-4-12)15-13-5-8-18-9-6-14(13)19-20(15)10-7-17/h1-4,18H,5-10,17H2. The molecule has 5 heteroatoms. The Balaban J connectivity index is 2.10. The number of hydrogen-bond donors (Lipinski definition) is 2. The van der Waals surface area contributed by atoms with Crippen LogP contribution in [0, 0.1) is 0 Å². The second kappa shape index (κ2) is 5.95. The van der Waals surface area contributed by atoms with Crippen LogP contribution in [0.15, 0.2) is 24.3 Å². The molecular weight excluding hydrogens is 272 g/mol. The Morgan fingerprint density at radius 2 is 1.95 bits per heavy atom. The highest BCUT2D eigenvalue weighted by Crippen LogP contribution is 2.29. The van der Waals surface area contributed by atoms with Gasteiger partial charge in [-0.3, -0.25) is 4.68 Å². The van der Waals surface area contributed by atoms with Gasteiger partial charge in [-0.15, -0.1) is 0 Å². The molecule has 0 spiro atoms. The maximum atomic E-state index is 5.99. The Labute approximate surface area is 123 Å². The topological polar surface area (TPSA) is 55.9 Å². The third-order valence-electron chi connectivity index (χ3n) is 3.68. The van der Waals surface area contributed by atoms with Gasteiger partial charge in [0.1, 0.15) is 0 Å². The number of halogens is 1. The van der Waals surface area contributed by atoms with Gasteiger partial charge in [0.25, 0.3) is 0 Å². The number of aromatic nitrogens is 2. The van der Waals surface area contributed by atoms with Crippen molar-refractivity contribution in [3.05, 3.63) is 40.5 Å². The highest BCUT2D eigenvalue weighted by molar-refractivity contribution is 6.30. The molecule has 3 N–H and O–H groups in total. The molecule has 1 aromatic heterocycles. The molecule has 1 aromatic carbocycles. The monoisotopic (exact) mass is 290 g/mol. The van der Waals surface area contributed by atoms with Gasteiger partial charge in [-0.05, 0) is 25.1 Å². The summed E-state index contributed by atoms with van der Waals surface area (Å²) in [5, 5.41) is 8.94. The van der Waals surface area contributed by atoms with Gasteiger partial charge in [-0.1, -0.05) is 23.7 Å². The summed E-state index contributed by atoms with van der Waals surface area (Å²) in [6.07, 6.45) is 1.99. The summed E-state index contributed by atoms with van der Waals surface area (Å²) < 4.78 is 2.05. The molecular formula is C15H19ClN4. The molecule has 1 aliphatic heterocycles. The molecule has 3 rings (SSSR count). The number of nitrogens with two attached hydrogens (primary N) is 1. The SMILES string of the molecule is NCCn1nc2c(c1-c1ccc(Cl)cc1)CCNCC2. The number of nitrogens with one attached hydrogen (secondary N) is 1. The van der Waals surface area contributed by atoms with Crippen LogP contribution in [0.1, 0.15) is 11.3 Å². The molecule has 0 bridgehead atoms. The largest absolute Gasteiger partial charge is 0.329 e.